The number of hydrogen-bond acceptors (Lipinski definition) is 2. The van der Waals surface area contributed by atoms with Crippen LogP contribution in [0.25, 0.3) is 0 Å². The molecule has 19 heavy (non-hydrogen) atoms. The molecule has 0 saturated carbocycles. The van der Waals surface area contributed by atoms with Gasteiger partial charge in [-0.15, -0.1) is 11.3 Å². The lowest BCUT2D eigenvalue weighted by atomic mass is 9.80. The summed E-state index contributed by atoms with van der Waals surface area (Å²) in [5.41, 5.74) is 3.85. The van der Waals surface area contributed by atoms with Gasteiger partial charge in [-0.05, 0) is 74.2 Å². The molecule has 4 heteroatoms. The van der Waals surface area contributed by atoms with E-state index in [1.807, 2.05) is 6.07 Å². The average molecular weight is 402 g/mol. The van der Waals surface area contributed by atoms with Crippen LogP contribution in [0.15, 0.2) is 37.9 Å². The van der Waals surface area contributed by atoms with E-state index >= 15 is 0 Å². The van der Waals surface area contributed by atoms with Crippen molar-refractivity contribution in [2.75, 3.05) is 0 Å². The normalized spacial score (nSPS) is 20.1. The first-order valence-corrected chi connectivity index (χ1v) is 8.75. The van der Waals surface area contributed by atoms with Gasteiger partial charge in [-0.2, -0.15) is 0 Å². The van der Waals surface area contributed by atoms with Crippen LogP contribution in [0.1, 0.15) is 29.2 Å². The van der Waals surface area contributed by atoms with Crippen LogP contribution in [0.5, 0.6) is 0 Å². The molecule has 1 aliphatic rings. The van der Waals surface area contributed by atoms with Crippen molar-refractivity contribution in [1.29, 1.82) is 0 Å². The predicted octanol–water partition coefficient (Wildman–Crippen LogP) is 5.11. The standard InChI is InChI=1S/C15H14Br2OS/c16-13-8-12(15(17)19-13)14(18)11-6-5-9-3-1-2-4-10(9)7-11/h1-4,8,11,14,18H,5-7H2. The fraction of sp³-hybridized carbons (Fsp3) is 0.333. The van der Waals surface area contributed by atoms with Gasteiger partial charge in [0.15, 0.2) is 0 Å². The minimum Gasteiger partial charge on any atom is -0.388 e. The molecule has 0 saturated heterocycles. The van der Waals surface area contributed by atoms with Gasteiger partial charge < -0.3 is 5.11 Å². The summed E-state index contributed by atoms with van der Waals surface area (Å²) in [6, 6.07) is 10.6. The van der Waals surface area contributed by atoms with E-state index in [1.165, 1.54) is 11.1 Å². The third-order valence-electron chi connectivity index (χ3n) is 3.83. The highest BCUT2D eigenvalue weighted by atomic mass is 79.9. The van der Waals surface area contributed by atoms with Crippen LogP contribution < -0.4 is 0 Å². The molecule has 100 valence electrons. The van der Waals surface area contributed by atoms with Crippen LogP contribution in [-0.4, -0.2) is 5.11 Å². The zero-order valence-electron chi connectivity index (χ0n) is 10.3. The molecule has 0 fully saturated rings. The van der Waals surface area contributed by atoms with E-state index in [1.54, 1.807) is 11.3 Å². The van der Waals surface area contributed by atoms with Gasteiger partial charge in [-0.25, -0.2) is 0 Å². The quantitative estimate of drug-likeness (QED) is 0.740. The molecule has 1 aliphatic carbocycles. The minimum absolute atomic E-state index is 0.313. The maximum Gasteiger partial charge on any atom is 0.0841 e. The Bertz CT molecular complexity index is 594. The van der Waals surface area contributed by atoms with Gasteiger partial charge in [0, 0.05) is 5.56 Å². The molecular formula is C15H14Br2OS. The van der Waals surface area contributed by atoms with Crippen molar-refractivity contribution >= 4 is 43.2 Å². The molecule has 0 bridgehead atoms. The van der Waals surface area contributed by atoms with Crippen molar-refractivity contribution in [2.45, 2.75) is 25.4 Å². The van der Waals surface area contributed by atoms with Crippen molar-refractivity contribution in [3.05, 3.63) is 54.6 Å². The molecule has 2 unspecified atom stereocenters. The molecule has 2 aromatic rings. The van der Waals surface area contributed by atoms with Gasteiger partial charge in [-0.3, -0.25) is 0 Å². The lowest BCUT2D eigenvalue weighted by molar-refractivity contribution is 0.0993. The maximum absolute atomic E-state index is 10.6. The number of aryl methyl sites for hydroxylation is 1. The number of halogens is 2. The van der Waals surface area contributed by atoms with E-state index in [2.05, 4.69) is 56.1 Å². The van der Waals surface area contributed by atoms with E-state index in [4.69, 9.17) is 0 Å². The third kappa shape index (κ3) is 2.82. The smallest absolute Gasteiger partial charge is 0.0841 e. The fourth-order valence-electron chi connectivity index (χ4n) is 2.80. The van der Waals surface area contributed by atoms with Crippen molar-refractivity contribution < 1.29 is 5.11 Å². The third-order valence-corrected chi connectivity index (χ3v) is 6.22. The molecule has 0 amide bonds. The lowest BCUT2D eigenvalue weighted by Crippen LogP contribution is -2.21. The largest absolute Gasteiger partial charge is 0.388 e. The molecule has 2 atom stereocenters. The highest BCUT2D eigenvalue weighted by Gasteiger charge is 2.27. The zero-order valence-corrected chi connectivity index (χ0v) is 14.3. The number of hydrogen-bond donors (Lipinski definition) is 1. The predicted molar refractivity (Wildman–Crippen MR) is 86.6 cm³/mol. The highest BCUT2D eigenvalue weighted by Crippen LogP contribution is 2.41. The van der Waals surface area contributed by atoms with Crippen LogP contribution in [0.3, 0.4) is 0 Å². The van der Waals surface area contributed by atoms with E-state index in [0.717, 1.165) is 32.4 Å². The Morgan fingerprint density at radius 1 is 1.21 bits per heavy atom. The summed E-state index contributed by atoms with van der Waals surface area (Å²) in [5, 5.41) is 10.6. The van der Waals surface area contributed by atoms with Crippen LogP contribution in [0.4, 0.5) is 0 Å². The summed E-state index contributed by atoms with van der Waals surface area (Å²) in [4.78, 5) is 0. The Hall–Kier alpha value is -0.160. The Labute approximate surface area is 133 Å². The molecular weight excluding hydrogens is 388 g/mol. The lowest BCUT2D eigenvalue weighted by Gasteiger charge is -2.28. The van der Waals surface area contributed by atoms with Crippen molar-refractivity contribution in [1.82, 2.24) is 0 Å². The first-order chi connectivity index (χ1) is 9.15. The Morgan fingerprint density at radius 3 is 2.63 bits per heavy atom. The molecule has 1 heterocycles. The highest BCUT2D eigenvalue weighted by molar-refractivity contribution is 9.12. The van der Waals surface area contributed by atoms with Crippen molar-refractivity contribution in [3.8, 4) is 0 Å². The first kappa shape index (κ1) is 13.8. The molecule has 3 rings (SSSR count). The summed E-state index contributed by atoms with van der Waals surface area (Å²) in [7, 11) is 0. The Balaban J connectivity index is 1.83. The molecule has 1 aromatic heterocycles. The fourth-order valence-corrected chi connectivity index (χ4v) is 5.71. The topological polar surface area (TPSA) is 20.2 Å². The summed E-state index contributed by atoms with van der Waals surface area (Å²) < 4.78 is 2.09. The van der Waals surface area contributed by atoms with E-state index in [9.17, 15) is 5.11 Å². The molecule has 1 N–H and O–H groups in total. The summed E-state index contributed by atoms with van der Waals surface area (Å²) in [6.45, 7) is 0. The number of aliphatic hydroxyl groups excluding tert-OH is 1. The second-order valence-corrected chi connectivity index (χ2v) is 8.75. The van der Waals surface area contributed by atoms with Crippen LogP contribution >= 0.6 is 43.2 Å². The maximum atomic E-state index is 10.6. The van der Waals surface area contributed by atoms with E-state index in [-0.39, 0.29) is 6.10 Å². The van der Waals surface area contributed by atoms with Gasteiger partial charge >= 0.3 is 0 Å². The SMILES string of the molecule is OC(c1cc(Br)sc1Br)C1CCc2ccccc2C1. The van der Waals surface area contributed by atoms with Crippen LogP contribution in [0, 0.1) is 5.92 Å². The Morgan fingerprint density at radius 2 is 1.95 bits per heavy atom. The first-order valence-electron chi connectivity index (χ1n) is 6.34. The second-order valence-electron chi connectivity index (χ2n) is 5.00. The average Bonchev–Trinajstić information content (AvgIpc) is 2.76. The summed E-state index contributed by atoms with van der Waals surface area (Å²) in [6.07, 6.45) is 2.71. The monoisotopic (exact) mass is 400 g/mol. The molecule has 0 aliphatic heterocycles. The number of rotatable bonds is 2. The van der Waals surface area contributed by atoms with Crippen LogP contribution in [-0.2, 0) is 12.8 Å². The van der Waals surface area contributed by atoms with Gasteiger partial charge in [0.05, 0.1) is 13.7 Å². The zero-order chi connectivity index (χ0) is 13.4. The molecule has 0 spiro atoms. The second kappa shape index (κ2) is 5.68. The van der Waals surface area contributed by atoms with Gasteiger partial charge in [-0.1, -0.05) is 24.3 Å². The minimum atomic E-state index is -0.384. The number of benzene rings is 1. The number of thiophene rings is 1. The molecule has 0 radical (unpaired) electrons. The number of fused-ring (bicyclic) bond motifs is 1. The van der Waals surface area contributed by atoms with E-state index in [0.29, 0.717) is 5.92 Å². The summed E-state index contributed by atoms with van der Waals surface area (Å²) in [5.74, 6) is 0.313. The van der Waals surface area contributed by atoms with Gasteiger partial charge in [0.1, 0.15) is 0 Å². The van der Waals surface area contributed by atoms with Crippen molar-refractivity contribution in [2.24, 2.45) is 5.92 Å². The molecule has 1 nitrogen and oxygen atoms in total. The Kier molecular flexibility index (Phi) is 4.13. The number of aliphatic hydroxyl groups is 1. The summed E-state index contributed by atoms with van der Waals surface area (Å²) >= 11 is 8.64. The van der Waals surface area contributed by atoms with Gasteiger partial charge in [0.2, 0.25) is 0 Å². The van der Waals surface area contributed by atoms with Crippen LogP contribution in [0.2, 0.25) is 0 Å². The van der Waals surface area contributed by atoms with Gasteiger partial charge in [0.25, 0.3) is 0 Å². The van der Waals surface area contributed by atoms with Crippen molar-refractivity contribution in [3.63, 3.8) is 0 Å². The van der Waals surface area contributed by atoms with E-state index < -0.39 is 0 Å². The molecule has 1 aromatic carbocycles.